The average molecular weight is 179 g/mol. The van der Waals surface area contributed by atoms with Crippen molar-refractivity contribution >= 4 is 18.5 Å². The van der Waals surface area contributed by atoms with Crippen molar-refractivity contribution in [1.82, 2.24) is 10.6 Å². The summed E-state index contributed by atoms with van der Waals surface area (Å²) in [6, 6.07) is 0.258. The SMILES string of the molecule is Cl.O=C1NC(C2CNC2)CO1. The predicted octanol–water partition coefficient (Wildman–Crippen LogP) is -0.264. The summed E-state index contributed by atoms with van der Waals surface area (Å²) < 4.78 is 4.74. The number of carbonyl (C=O) groups excluding carboxylic acids is 1. The third-order valence-corrected chi connectivity index (χ3v) is 2.08. The van der Waals surface area contributed by atoms with Gasteiger partial charge in [0.15, 0.2) is 0 Å². The van der Waals surface area contributed by atoms with Crippen molar-refractivity contribution in [2.75, 3.05) is 19.7 Å². The van der Waals surface area contributed by atoms with Gasteiger partial charge in [-0.2, -0.15) is 0 Å². The van der Waals surface area contributed by atoms with Crippen molar-refractivity contribution in [1.29, 1.82) is 0 Å². The Bertz CT molecular complexity index is 161. The van der Waals surface area contributed by atoms with E-state index in [0.717, 1.165) is 13.1 Å². The Hall–Kier alpha value is -0.480. The van der Waals surface area contributed by atoms with E-state index < -0.39 is 0 Å². The van der Waals surface area contributed by atoms with Crippen LogP contribution in [0, 0.1) is 5.92 Å². The van der Waals surface area contributed by atoms with E-state index in [1.165, 1.54) is 0 Å². The van der Waals surface area contributed by atoms with Gasteiger partial charge in [0.1, 0.15) is 6.61 Å². The van der Waals surface area contributed by atoms with Gasteiger partial charge in [-0.1, -0.05) is 0 Å². The first-order valence-electron chi connectivity index (χ1n) is 3.50. The topological polar surface area (TPSA) is 50.4 Å². The zero-order valence-corrected chi connectivity index (χ0v) is 6.82. The second kappa shape index (κ2) is 3.28. The molecule has 0 aliphatic carbocycles. The van der Waals surface area contributed by atoms with Crippen molar-refractivity contribution in [3.63, 3.8) is 0 Å². The van der Waals surface area contributed by atoms with Crippen LogP contribution in [0.4, 0.5) is 4.79 Å². The van der Waals surface area contributed by atoms with Crippen molar-refractivity contribution in [3.05, 3.63) is 0 Å². The Labute approximate surface area is 71.1 Å². The highest BCUT2D eigenvalue weighted by Crippen LogP contribution is 2.13. The third-order valence-electron chi connectivity index (χ3n) is 2.08. The lowest BCUT2D eigenvalue weighted by molar-refractivity contribution is 0.172. The standard InChI is InChI=1S/C6H10N2O2.ClH/c9-6-8-5(3-10-6)4-1-7-2-4;/h4-5,7H,1-3H2,(H,8,9);1H. The first-order valence-corrected chi connectivity index (χ1v) is 3.50. The summed E-state index contributed by atoms with van der Waals surface area (Å²) in [5.74, 6) is 0.589. The number of nitrogens with one attached hydrogen (secondary N) is 2. The molecule has 2 aliphatic heterocycles. The van der Waals surface area contributed by atoms with Gasteiger partial charge in [0.25, 0.3) is 0 Å². The molecule has 2 rings (SSSR count). The van der Waals surface area contributed by atoms with E-state index in [1.54, 1.807) is 0 Å². The van der Waals surface area contributed by atoms with Gasteiger partial charge in [0.2, 0.25) is 0 Å². The number of carbonyl (C=O) groups is 1. The molecule has 0 spiro atoms. The van der Waals surface area contributed by atoms with Gasteiger partial charge >= 0.3 is 6.09 Å². The highest BCUT2D eigenvalue weighted by molar-refractivity contribution is 5.85. The van der Waals surface area contributed by atoms with Crippen molar-refractivity contribution in [2.45, 2.75) is 6.04 Å². The van der Waals surface area contributed by atoms with Gasteiger partial charge < -0.3 is 15.4 Å². The van der Waals surface area contributed by atoms with Crippen LogP contribution in [-0.4, -0.2) is 31.8 Å². The van der Waals surface area contributed by atoms with Crippen LogP contribution in [0.1, 0.15) is 0 Å². The molecule has 0 aromatic rings. The van der Waals surface area contributed by atoms with Crippen molar-refractivity contribution in [3.8, 4) is 0 Å². The molecule has 5 heteroatoms. The lowest BCUT2D eigenvalue weighted by atomic mass is 9.95. The summed E-state index contributed by atoms with van der Waals surface area (Å²) in [5, 5.41) is 5.90. The van der Waals surface area contributed by atoms with Crippen LogP contribution in [0.25, 0.3) is 0 Å². The van der Waals surface area contributed by atoms with Crippen LogP contribution in [0.5, 0.6) is 0 Å². The molecule has 2 fully saturated rings. The largest absolute Gasteiger partial charge is 0.447 e. The quantitative estimate of drug-likeness (QED) is 0.582. The number of ether oxygens (including phenoxy) is 1. The number of amides is 1. The van der Waals surface area contributed by atoms with Crippen LogP contribution in [0.3, 0.4) is 0 Å². The number of halogens is 1. The molecule has 0 saturated carbocycles. The minimum absolute atomic E-state index is 0. The smallest absolute Gasteiger partial charge is 0.407 e. The highest BCUT2D eigenvalue weighted by Gasteiger charge is 2.33. The first kappa shape index (κ1) is 8.62. The molecule has 0 aromatic carbocycles. The summed E-state index contributed by atoms with van der Waals surface area (Å²) in [4.78, 5) is 10.5. The van der Waals surface area contributed by atoms with E-state index in [4.69, 9.17) is 4.74 Å². The number of rotatable bonds is 1. The fraction of sp³-hybridized carbons (Fsp3) is 0.833. The molecule has 11 heavy (non-hydrogen) atoms. The molecule has 0 bridgehead atoms. The Morgan fingerprint density at radius 1 is 1.45 bits per heavy atom. The second-order valence-electron chi connectivity index (χ2n) is 2.77. The van der Waals surface area contributed by atoms with Gasteiger partial charge in [0.05, 0.1) is 6.04 Å². The van der Waals surface area contributed by atoms with Gasteiger partial charge in [0, 0.05) is 19.0 Å². The fourth-order valence-corrected chi connectivity index (χ4v) is 1.25. The van der Waals surface area contributed by atoms with E-state index in [9.17, 15) is 4.79 Å². The van der Waals surface area contributed by atoms with E-state index >= 15 is 0 Å². The molecule has 64 valence electrons. The third kappa shape index (κ3) is 1.57. The van der Waals surface area contributed by atoms with Crippen LogP contribution in [-0.2, 0) is 4.74 Å². The lowest BCUT2D eigenvalue weighted by Gasteiger charge is -2.30. The van der Waals surface area contributed by atoms with Crippen LogP contribution >= 0.6 is 12.4 Å². The molecule has 1 amide bonds. The minimum atomic E-state index is -0.267. The average Bonchev–Trinajstić information content (AvgIpc) is 2.10. The monoisotopic (exact) mass is 178 g/mol. The van der Waals surface area contributed by atoms with Crippen LogP contribution in [0.15, 0.2) is 0 Å². The maximum absolute atomic E-state index is 10.5. The fourth-order valence-electron chi connectivity index (χ4n) is 1.25. The molecular formula is C6H11ClN2O2. The maximum Gasteiger partial charge on any atom is 0.407 e. The normalized spacial score (nSPS) is 29.8. The zero-order valence-electron chi connectivity index (χ0n) is 6.00. The summed E-state index contributed by atoms with van der Waals surface area (Å²) >= 11 is 0. The molecule has 0 radical (unpaired) electrons. The van der Waals surface area contributed by atoms with Crippen molar-refractivity contribution < 1.29 is 9.53 Å². The van der Waals surface area contributed by atoms with Crippen LogP contribution in [0.2, 0.25) is 0 Å². The number of hydrogen-bond donors (Lipinski definition) is 2. The molecule has 2 heterocycles. The lowest BCUT2D eigenvalue weighted by Crippen LogP contribution is -2.52. The van der Waals surface area contributed by atoms with Gasteiger partial charge in [-0.25, -0.2) is 4.79 Å². The van der Waals surface area contributed by atoms with Crippen LogP contribution < -0.4 is 10.6 Å². The summed E-state index contributed by atoms with van der Waals surface area (Å²) in [6.07, 6.45) is -0.267. The highest BCUT2D eigenvalue weighted by atomic mass is 35.5. The van der Waals surface area contributed by atoms with Crippen molar-refractivity contribution in [2.24, 2.45) is 5.92 Å². The molecule has 0 aromatic heterocycles. The van der Waals surface area contributed by atoms with E-state index in [-0.39, 0.29) is 24.5 Å². The van der Waals surface area contributed by atoms with E-state index in [0.29, 0.717) is 12.5 Å². The Morgan fingerprint density at radius 3 is 2.55 bits per heavy atom. The first-order chi connectivity index (χ1) is 4.86. The van der Waals surface area contributed by atoms with Gasteiger partial charge in [-0.3, -0.25) is 0 Å². The zero-order chi connectivity index (χ0) is 6.97. The minimum Gasteiger partial charge on any atom is -0.447 e. The summed E-state index contributed by atoms with van der Waals surface area (Å²) in [6.45, 7) is 2.56. The Balaban J connectivity index is 0.000000605. The molecular weight excluding hydrogens is 168 g/mol. The Morgan fingerprint density at radius 2 is 2.18 bits per heavy atom. The number of hydrogen-bond acceptors (Lipinski definition) is 3. The number of alkyl carbamates (subject to hydrolysis) is 1. The molecule has 1 atom stereocenters. The summed E-state index contributed by atoms with van der Waals surface area (Å²) in [5.41, 5.74) is 0. The van der Waals surface area contributed by atoms with E-state index in [2.05, 4.69) is 10.6 Å². The predicted molar refractivity (Wildman–Crippen MR) is 41.9 cm³/mol. The second-order valence-corrected chi connectivity index (χ2v) is 2.77. The summed E-state index contributed by atoms with van der Waals surface area (Å²) in [7, 11) is 0. The number of cyclic esters (lactones) is 1. The van der Waals surface area contributed by atoms with Gasteiger partial charge in [-0.05, 0) is 0 Å². The molecule has 4 nitrogen and oxygen atoms in total. The molecule has 2 N–H and O–H groups in total. The molecule has 1 unspecified atom stereocenters. The molecule has 2 aliphatic rings. The van der Waals surface area contributed by atoms with E-state index in [1.807, 2.05) is 0 Å². The van der Waals surface area contributed by atoms with Gasteiger partial charge in [-0.15, -0.1) is 12.4 Å². The maximum atomic E-state index is 10.5. The molecule has 2 saturated heterocycles. The Kier molecular flexibility index (Phi) is 2.57.